The number of halogens is 2. The van der Waals surface area contributed by atoms with Gasteiger partial charge >= 0.3 is 0 Å². The Bertz CT molecular complexity index is 1070. The first kappa shape index (κ1) is 20.6. The minimum absolute atomic E-state index is 0.0840. The highest BCUT2D eigenvalue weighted by Gasteiger charge is 2.23. The SMILES string of the molecule is Cc1ccnc(Nc2ccc(N3CCN(C(=O)Cc4ccc(F)cc4F)CC3)nn2)c1. The number of anilines is 3. The van der Waals surface area contributed by atoms with Crippen molar-refractivity contribution in [1.82, 2.24) is 20.1 Å². The Morgan fingerprint density at radius 2 is 1.81 bits per heavy atom. The van der Waals surface area contributed by atoms with Crippen LogP contribution in [0.5, 0.6) is 0 Å². The molecule has 1 saturated heterocycles. The maximum Gasteiger partial charge on any atom is 0.227 e. The van der Waals surface area contributed by atoms with Crippen LogP contribution in [0.3, 0.4) is 0 Å². The molecule has 2 aromatic heterocycles. The summed E-state index contributed by atoms with van der Waals surface area (Å²) in [6, 6.07) is 10.8. The number of carbonyl (C=O) groups excluding carboxylic acids is 1. The summed E-state index contributed by atoms with van der Waals surface area (Å²) in [4.78, 5) is 20.5. The Kier molecular flexibility index (Phi) is 6.01. The van der Waals surface area contributed by atoms with Gasteiger partial charge in [-0.2, -0.15) is 0 Å². The van der Waals surface area contributed by atoms with Crippen molar-refractivity contribution in [3.8, 4) is 0 Å². The van der Waals surface area contributed by atoms with Gasteiger partial charge in [-0.15, -0.1) is 10.2 Å². The number of carbonyl (C=O) groups is 1. The van der Waals surface area contributed by atoms with Gasteiger partial charge in [0.05, 0.1) is 6.42 Å². The maximum atomic E-state index is 13.8. The predicted octanol–water partition coefficient (Wildman–Crippen LogP) is 3.09. The number of hydrogen-bond donors (Lipinski definition) is 1. The van der Waals surface area contributed by atoms with Crippen LogP contribution in [-0.4, -0.2) is 52.2 Å². The van der Waals surface area contributed by atoms with Crippen molar-refractivity contribution in [2.75, 3.05) is 36.4 Å². The largest absolute Gasteiger partial charge is 0.352 e. The summed E-state index contributed by atoms with van der Waals surface area (Å²) in [5.74, 6) is 0.487. The van der Waals surface area contributed by atoms with Crippen LogP contribution in [0.4, 0.5) is 26.2 Å². The molecule has 0 unspecified atom stereocenters. The lowest BCUT2D eigenvalue weighted by atomic mass is 10.1. The minimum atomic E-state index is -0.697. The Morgan fingerprint density at radius 3 is 2.48 bits per heavy atom. The summed E-state index contributed by atoms with van der Waals surface area (Å²) >= 11 is 0. The van der Waals surface area contributed by atoms with E-state index in [1.165, 1.54) is 6.07 Å². The molecule has 1 amide bonds. The third-order valence-electron chi connectivity index (χ3n) is 5.14. The molecule has 0 atom stereocenters. The zero-order valence-electron chi connectivity index (χ0n) is 17.1. The first-order valence-electron chi connectivity index (χ1n) is 9.98. The van der Waals surface area contributed by atoms with Crippen LogP contribution in [0, 0.1) is 18.6 Å². The molecule has 160 valence electrons. The molecule has 0 radical (unpaired) electrons. The van der Waals surface area contributed by atoms with Crippen molar-refractivity contribution in [3.63, 3.8) is 0 Å². The molecule has 0 aliphatic carbocycles. The van der Waals surface area contributed by atoms with Crippen LogP contribution in [0.25, 0.3) is 0 Å². The van der Waals surface area contributed by atoms with Crippen LogP contribution in [0.15, 0.2) is 48.7 Å². The molecular weight excluding hydrogens is 402 g/mol. The first-order chi connectivity index (χ1) is 15.0. The minimum Gasteiger partial charge on any atom is -0.352 e. The van der Waals surface area contributed by atoms with Crippen LogP contribution in [0.1, 0.15) is 11.1 Å². The van der Waals surface area contributed by atoms with Crippen molar-refractivity contribution >= 4 is 23.4 Å². The number of nitrogens with one attached hydrogen (secondary N) is 1. The number of aryl methyl sites for hydroxylation is 1. The molecule has 0 bridgehead atoms. The summed E-state index contributed by atoms with van der Waals surface area (Å²) in [6.45, 7) is 4.17. The molecule has 0 spiro atoms. The second-order valence-corrected chi connectivity index (χ2v) is 7.40. The zero-order chi connectivity index (χ0) is 21.8. The van der Waals surface area contributed by atoms with E-state index < -0.39 is 11.6 Å². The first-order valence-corrected chi connectivity index (χ1v) is 9.98. The molecule has 9 heteroatoms. The monoisotopic (exact) mass is 424 g/mol. The number of nitrogens with zero attached hydrogens (tertiary/aromatic N) is 5. The average Bonchev–Trinajstić information content (AvgIpc) is 2.76. The van der Waals surface area contributed by atoms with E-state index in [0.29, 0.717) is 37.8 Å². The summed E-state index contributed by atoms with van der Waals surface area (Å²) < 4.78 is 26.8. The smallest absolute Gasteiger partial charge is 0.227 e. The van der Waals surface area contributed by atoms with Gasteiger partial charge in [0.15, 0.2) is 11.6 Å². The summed E-state index contributed by atoms with van der Waals surface area (Å²) in [6.07, 6.45) is 1.64. The molecule has 3 aromatic rings. The van der Waals surface area contributed by atoms with Crippen LogP contribution >= 0.6 is 0 Å². The summed E-state index contributed by atoms with van der Waals surface area (Å²) in [7, 11) is 0. The van der Waals surface area contributed by atoms with Gasteiger partial charge in [-0.05, 0) is 48.4 Å². The van der Waals surface area contributed by atoms with Gasteiger partial charge in [0, 0.05) is 38.4 Å². The zero-order valence-corrected chi connectivity index (χ0v) is 17.1. The third kappa shape index (κ3) is 5.11. The van der Waals surface area contributed by atoms with E-state index in [4.69, 9.17) is 0 Å². The number of aromatic nitrogens is 3. The maximum absolute atomic E-state index is 13.8. The Labute approximate surface area is 178 Å². The lowest BCUT2D eigenvalue weighted by Gasteiger charge is -2.35. The number of rotatable bonds is 5. The Morgan fingerprint density at radius 1 is 1.00 bits per heavy atom. The van der Waals surface area contributed by atoms with E-state index in [-0.39, 0.29) is 17.9 Å². The van der Waals surface area contributed by atoms with Crippen molar-refractivity contribution in [2.45, 2.75) is 13.3 Å². The highest BCUT2D eigenvalue weighted by Crippen LogP contribution is 2.18. The van der Waals surface area contributed by atoms with Gasteiger partial charge in [0.25, 0.3) is 0 Å². The predicted molar refractivity (Wildman–Crippen MR) is 113 cm³/mol. The molecule has 1 aliphatic heterocycles. The molecular formula is C22H22F2N6O. The van der Waals surface area contributed by atoms with Gasteiger partial charge in [-0.25, -0.2) is 13.8 Å². The number of benzene rings is 1. The van der Waals surface area contributed by atoms with E-state index in [2.05, 4.69) is 20.5 Å². The molecule has 4 rings (SSSR count). The highest BCUT2D eigenvalue weighted by molar-refractivity contribution is 5.79. The van der Waals surface area contributed by atoms with E-state index in [9.17, 15) is 13.6 Å². The van der Waals surface area contributed by atoms with Crippen LogP contribution < -0.4 is 10.2 Å². The molecule has 1 aromatic carbocycles. The van der Waals surface area contributed by atoms with Crippen LogP contribution in [0.2, 0.25) is 0 Å². The van der Waals surface area contributed by atoms with Crippen molar-refractivity contribution < 1.29 is 13.6 Å². The molecule has 31 heavy (non-hydrogen) atoms. The number of amides is 1. The summed E-state index contributed by atoms with van der Waals surface area (Å²) in [5, 5.41) is 11.6. The normalized spacial score (nSPS) is 13.9. The lowest BCUT2D eigenvalue weighted by molar-refractivity contribution is -0.130. The Balaban J connectivity index is 1.31. The van der Waals surface area contributed by atoms with Crippen LogP contribution in [-0.2, 0) is 11.2 Å². The van der Waals surface area contributed by atoms with Gasteiger partial charge in [0.2, 0.25) is 5.91 Å². The van der Waals surface area contributed by atoms with Gasteiger partial charge in [-0.1, -0.05) is 6.07 Å². The third-order valence-corrected chi connectivity index (χ3v) is 5.14. The van der Waals surface area contributed by atoms with E-state index in [0.717, 1.165) is 23.5 Å². The second kappa shape index (κ2) is 9.03. The van der Waals surface area contributed by atoms with Gasteiger partial charge < -0.3 is 15.1 Å². The fourth-order valence-corrected chi connectivity index (χ4v) is 3.42. The number of pyridine rings is 1. The average molecular weight is 424 g/mol. The van der Waals surface area contributed by atoms with Crippen molar-refractivity contribution in [1.29, 1.82) is 0 Å². The Hall–Kier alpha value is -3.62. The molecule has 1 fully saturated rings. The standard InChI is InChI=1S/C22H22F2N6O/c1-15-6-7-25-20(12-15)26-19-4-5-21(28-27-19)29-8-10-30(11-9-29)22(31)13-16-2-3-17(23)14-18(16)24/h2-7,12,14H,8-11,13H2,1H3,(H,25,26,27). The molecule has 7 nitrogen and oxygen atoms in total. The second-order valence-electron chi connectivity index (χ2n) is 7.40. The van der Waals surface area contributed by atoms with Crippen molar-refractivity contribution in [2.24, 2.45) is 0 Å². The fourth-order valence-electron chi connectivity index (χ4n) is 3.42. The van der Waals surface area contributed by atoms with E-state index >= 15 is 0 Å². The number of piperazine rings is 1. The highest BCUT2D eigenvalue weighted by atomic mass is 19.1. The number of hydrogen-bond acceptors (Lipinski definition) is 6. The topological polar surface area (TPSA) is 74.2 Å². The lowest BCUT2D eigenvalue weighted by Crippen LogP contribution is -2.49. The fraction of sp³-hybridized carbons (Fsp3) is 0.273. The van der Waals surface area contributed by atoms with Gasteiger partial charge in [0.1, 0.15) is 17.5 Å². The van der Waals surface area contributed by atoms with E-state index in [1.54, 1.807) is 11.1 Å². The molecule has 1 aliphatic rings. The summed E-state index contributed by atoms with van der Waals surface area (Å²) in [5.41, 5.74) is 1.29. The van der Waals surface area contributed by atoms with Gasteiger partial charge in [-0.3, -0.25) is 4.79 Å². The van der Waals surface area contributed by atoms with Crippen molar-refractivity contribution in [3.05, 3.63) is 71.4 Å². The molecule has 1 N–H and O–H groups in total. The molecule has 0 saturated carbocycles. The van der Waals surface area contributed by atoms with E-state index in [1.807, 2.05) is 36.1 Å². The quantitative estimate of drug-likeness (QED) is 0.679. The molecule has 3 heterocycles.